The molecule has 1 heterocycles. The molecule has 2 N–H and O–H groups in total. The Morgan fingerprint density at radius 2 is 2.12 bits per heavy atom. The predicted octanol–water partition coefficient (Wildman–Crippen LogP) is 1.89. The maximum absolute atomic E-state index is 11.6. The number of hydrogen-bond acceptors (Lipinski definition) is 3. The van der Waals surface area contributed by atoms with Gasteiger partial charge < -0.3 is 5.73 Å². The van der Waals surface area contributed by atoms with Crippen LogP contribution in [0.1, 0.15) is 5.56 Å². The molecule has 82 valence electrons. The number of nitrogens with zero attached hydrogens (tertiary/aromatic N) is 2. The van der Waals surface area contributed by atoms with Crippen molar-refractivity contribution in [2.24, 2.45) is 0 Å². The molecule has 0 aliphatic carbocycles. The minimum Gasteiger partial charge on any atom is -0.397 e. The Hall–Kier alpha value is -1.62. The van der Waals surface area contributed by atoms with Crippen molar-refractivity contribution in [2.75, 3.05) is 5.73 Å². The van der Waals surface area contributed by atoms with Crippen LogP contribution < -0.4 is 11.3 Å². The van der Waals surface area contributed by atoms with E-state index in [1.807, 2.05) is 25.1 Å². The number of rotatable bonds is 1. The summed E-state index contributed by atoms with van der Waals surface area (Å²) in [6.45, 7) is 1.98. The van der Waals surface area contributed by atoms with Crippen LogP contribution in [0.5, 0.6) is 0 Å². The lowest BCUT2D eigenvalue weighted by Crippen LogP contribution is -2.20. The molecule has 0 aliphatic heterocycles. The van der Waals surface area contributed by atoms with E-state index in [1.165, 1.54) is 16.9 Å². The summed E-state index contributed by atoms with van der Waals surface area (Å²) in [7, 11) is 0. The second-order valence-electron chi connectivity index (χ2n) is 3.47. The molecule has 4 nitrogen and oxygen atoms in total. The van der Waals surface area contributed by atoms with Crippen molar-refractivity contribution < 1.29 is 0 Å². The van der Waals surface area contributed by atoms with Crippen molar-refractivity contribution in [3.63, 3.8) is 0 Å². The van der Waals surface area contributed by atoms with Crippen molar-refractivity contribution in [1.29, 1.82) is 0 Å². The first-order chi connectivity index (χ1) is 7.58. The van der Waals surface area contributed by atoms with Crippen LogP contribution in [-0.2, 0) is 0 Å². The zero-order valence-electron chi connectivity index (χ0n) is 8.64. The van der Waals surface area contributed by atoms with Gasteiger partial charge in [-0.3, -0.25) is 4.79 Å². The lowest BCUT2D eigenvalue weighted by molar-refractivity contribution is 0.808. The fraction of sp³-hybridized carbons (Fsp3) is 0.0909. The van der Waals surface area contributed by atoms with Gasteiger partial charge in [0.15, 0.2) is 0 Å². The summed E-state index contributed by atoms with van der Waals surface area (Å²) in [6, 6.07) is 6.95. The quantitative estimate of drug-likeness (QED) is 0.867. The largest absolute Gasteiger partial charge is 0.397 e. The smallest absolute Gasteiger partial charge is 0.273 e. The fourth-order valence-electron chi connectivity index (χ4n) is 1.33. The summed E-state index contributed by atoms with van der Waals surface area (Å²) in [5.41, 5.74) is 7.42. The molecule has 1 aromatic carbocycles. The molecule has 1 aromatic heterocycles. The number of hydrogen-bond donors (Lipinski definition) is 1. The Kier molecular flexibility index (Phi) is 2.78. The normalized spacial score (nSPS) is 10.4. The van der Waals surface area contributed by atoms with Crippen LogP contribution in [0.25, 0.3) is 5.69 Å². The molecular formula is C11H10BrN3O. The number of benzene rings is 1. The molecular weight excluding hydrogens is 270 g/mol. The van der Waals surface area contributed by atoms with Crippen LogP contribution in [0.2, 0.25) is 0 Å². The van der Waals surface area contributed by atoms with Crippen LogP contribution in [-0.4, -0.2) is 9.78 Å². The highest BCUT2D eigenvalue weighted by Gasteiger charge is 2.03. The molecule has 16 heavy (non-hydrogen) atoms. The van der Waals surface area contributed by atoms with E-state index >= 15 is 0 Å². The summed E-state index contributed by atoms with van der Waals surface area (Å²) in [4.78, 5) is 11.6. The van der Waals surface area contributed by atoms with Crippen molar-refractivity contribution in [3.8, 4) is 5.69 Å². The summed E-state index contributed by atoms with van der Waals surface area (Å²) >= 11 is 3.41. The number of anilines is 1. The van der Waals surface area contributed by atoms with Crippen molar-refractivity contribution >= 4 is 21.6 Å². The van der Waals surface area contributed by atoms with Gasteiger partial charge in [-0.15, -0.1) is 0 Å². The van der Waals surface area contributed by atoms with E-state index in [1.54, 1.807) is 0 Å². The third-order valence-electron chi connectivity index (χ3n) is 2.22. The second-order valence-corrected chi connectivity index (χ2v) is 4.33. The Morgan fingerprint density at radius 3 is 2.75 bits per heavy atom. The molecule has 0 fully saturated rings. The maximum atomic E-state index is 11.6. The van der Waals surface area contributed by atoms with Gasteiger partial charge in [0.05, 0.1) is 17.6 Å². The van der Waals surface area contributed by atoms with Gasteiger partial charge in [0.2, 0.25) is 0 Å². The van der Waals surface area contributed by atoms with Gasteiger partial charge in [0.25, 0.3) is 5.56 Å². The highest BCUT2D eigenvalue weighted by Crippen LogP contribution is 2.18. The third kappa shape index (κ3) is 1.99. The van der Waals surface area contributed by atoms with Gasteiger partial charge in [-0.1, -0.05) is 22.0 Å². The molecule has 0 bridgehead atoms. The molecule has 5 heteroatoms. The van der Waals surface area contributed by atoms with Gasteiger partial charge >= 0.3 is 0 Å². The standard InChI is InChI=1S/C11H10BrN3O/c1-7-2-3-9(5-10(7)12)15-11(16)4-8(13)6-14-15/h2-6H,13H2,1H3. The minimum atomic E-state index is -0.240. The maximum Gasteiger partial charge on any atom is 0.273 e. The molecule has 0 radical (unpaired) electrons. The zero-order chi connectivity index (χ0) is 11.7. The highest BCUT2D eigenvalue weighted by molar-refractivity contribution is 9.10. The van der Waals surface area contributed by atoms with E-state index in [9.17, 15) is 4.79 Å². The summed E-state index contributed by atoms with van der Waals surface area (Å²) in [6.07, 6.45) is 1.45. The van der Waals surface area contributed by atoms with Crippen LogP contribution in [0, 0.1) is 6.92 Å². The molecule has 0 spiro atoms. The molecule has 0 unspecified atom stereocenters. The Labute approximate surface area is 101 Å². The SMILES string of the molecule is Cc1ccc(-n2ncc(N)cc2=O)cc1Br. The fourth-order valence-corrected chi connectivity index (χ4v) is 1.70. The monoisotopic (exact) mass is 279 g/mol. The average Bonchev–Trinajstić information content (AvgIpc) is 2.22. The van der Waals surface area contributed by atoms with E-state index in [0.29, 0.717) is 11.4 Å². The average molecular weight is 280 g/mol. The Balaban J connectivity index is 2.59. The molecule has 0 amide bonds. The van der Waals surface area contributed by atoms with E-state index in [4.69, 9.17) is 5.73 Å². The zero-order valence-corrected chi connectivity index (χ0v) is 10.2. The predicted molar refractivity (Wildman–Crippen MR) is 66.7 cm³/mol. The van der Waals surface area contributed by atoms with Crippen LogP contribution >= 0.6 is 15.9 Å². The van der Waals surface area contributed by atoms with Crippen LogP contribution in [0.4, 0.5) is 5.69 Å². The molecule has 0 aliphatic rings. The van der Waals surface area contributed by atoms with Crippen molar-refractivity contribution in [1.82, 2.24) is 9.78 Å². The van der Waals surface area contributed by atoms with Gasteiger partial charge in [-0.2, -0.15) is 9.78 Å². The molecule has 2 rings (SSSR count). The highest BCUT2D eigenvalue weighted by atomic mass is 79.9. The molecule has 0 saturated heterocycles. The van der Waals surface area contributed by atoms with E-state index in [-0.39, 0.29) is 5.56 Å². The number of nitrogen functional groups attached to an aromatic ring is 1. The first-order valence-electron chi connectivity index (χ1n) is 4.69. The summed E-state index contributed by atoms with van der Waals surface area (Å²) < 4.78 is 2.25. The van der Waals surface area contributed by atoms with Gasteiger partial charge in [0.1, 0.15) is 0 Å². The number of nitrogens with two attached hydrogens (primary N) is 1. The third-order valence-corrected chi connectivity index (χ3v) is 3.08. The number of aromatic nitrogens is 2. The first kappa shape index (κ1) is 10.9. The number of halogens is 1. The Morgan fingerprint density at radius 1 is 1.38 bits per heavy atom. The van der Waals surface area contributed by atoms with Gasteiger partial charge in [0, 0.05) is 10.5 Å². The van der Waals surface area contributed by atoms with E-state index < -0.39 is 0 Å². The molecule has 0 saturated carbocycles. The lowest BCUT2D eigenvalue weighted by atomic mass is 10.2. The van der Waals surface area contributed by atoms with Crippen LogP contribution in [0.3, 0.4) is 0 Å². The molecule has 0 atom stereocenters. The number of aryl methyl sites for hydroxylation is 1. The van der Waals surface area contributed by atoms with E-state index in [0.717, 1.165) is 10.0 Å². The van der Waals surface area contributed by atoms with Gasteiger partial charge in [-0.25, -0.2) is 0 Å². The summed E-state index contributed by atoms with van der Waals surface area (Å²) in [5.74, 6) is 0. The van der Waals surface area contributed by atoms with Crippen molar-refractivity contribution in [2.45, 2.75) is 6.92 Å². The first-order valence-corrected chi connectivity index (χ1v) is 5.48. The summed E-state index contributed by atoms with van der Waals surface area (Å²) in [5, 5.41) is 3.98. The molecule has 2 aromatic rings. The van der Waals surface area contributed by atoms with Crippen LogP contribution in [0.15, 0.2) is 39.7 Å². The van der Waals surface area contributed by atoms with Crippen molar-refractivity contribution in [3.05, 3.63) is 50.9 Å². The minimum absolute atomic E-state index is 0.240. The van der Waals surface area contributed by atoms with Gasteiger partial charge in [-0.05, 0) is 24.6 Å². The Bertz CT molecular complexity index is 592. The second kappa shape index (κ2) is 4.09. The van der Waals surface area contributed by atoms with E-state index in [2.05, 4.69) is 21.0 Å². The lowest BCUT2D eigenvalue weighted by Gasteiger charge is -2.06. The topological polar surface area (TPSA) is 60.9 Å².